The van der Waals surface area contributed by atoms with Gasteiger partial charge in [-0.2, -0.15) is 92.2 Å². The van der Waals surface area contributed by atoms with Crippen LogP contribution in [0.3, 0.4) is 0 Å². The molecular weight excluding hydrogens is 782 g/mol. The molecule has 0 aliphatic rings. The van der Waals surface area contributed by atoms with E-state index in [1.807, 2.05) is 6.92 Å². The Bertz CT molecular complexity index is 1110. The lowest BCUT2D eigenvalue weighted by molar-refractivity contribution is -0.474. The Hall–Kier alpha value is -1.36. The molecule has 0 spiro atoms. The molecule has 0 rings (SSSR count). The quantitative estimate of drug-likeness (QED) is 0.0599. The molecule has 0 saturated heterocycles. The van der Waals surface area contributed by atoms with E-state index in [9.17, 15) is 102 Å². The van der Waals surface area contributed by atoms with Crippen molar-refractivity contribution in [2.75, 3.05) is 13.2 Å². The summed E-state index contributed by atoms with van der Waals surface area (Å²) in [4.78, 5) is 9.36. The van der Waals surface area contributed by atoms with Crippen LogP contribution in [0.2, 0.25) is 0 Å². The van der Waals surface area contributed by atoms with Crippen molar-refractivity contribution >= 4 is 7.82 Å². The van der Waals surface area contributed by atoms with Gasteiger partial charge in [0.15, 0.2) is 0 Å². The van der Waals surface area contributed by atoms with Gasteiger partial charge in [-0.1, -0.05) is 64.7 Å². The van der Waals surface area contributed by atoms with E-state index in [2.05, 4.69) is 9.05 Å². The zero-order valence-corrected chi connectivity index (χ0v) is 26.1. The minimum Gasteiger partial charge on any atom is -0.302 e. The van der Waals surface area contributed by atoms with Gasteiger partial charge >= 0.3 is 67.3 Å². The highest BCUT2D eigenvalue weighted by molar-refractivity contribution is 7.47. The highest BCUT2D eigenvalue weighted by Crippen LogP contribution is 2.66. The second-order valence-corrected chi connectivity index (χ2v) is 12.3. The molecule has 50 heavy (non-hydrogen) atoms. The molecule has 1 atom stereocenters. The first-order valence-corrected chi connectivity index (χ1v) is 15.6. The number of hydrogen-bond donors (Lipinski definition) is 1. The molecule has 0 aromatic rings. The maximum atomic E-state index is 14.0. The Balaban J connectivity index is 5.76. The van der Waals surface area contributed by atoms with E-state index in [0.717, 1.165) is 44.9 Å². The maximum absolute atomic E-state index is 14.0. The molecule has 0 aliphatic carbocycles. The predicted octanol–water partition coefficient (Wildman–Crippen LogP) is 11.7. The molecule has 0 bridgehead atoms. The molecule has 0 aromatic heterocycles. The van der Waals surface area contributed by atoms with Gasteiger partial charge in [0.1, 0.15) is 0 Å². The van der Waals surface area contributed by atoms with E-state index in [4.69, 9.17) is 0 Å². The SMILES string of the molecule is CCCCCCCCCCCCOP(=O)(O)OCCC(F)(F)C(F)(F)C(F)(F)C(F)(F)C(F)(F)C(F)(F)C(F)(F)C(F)(F)C(F)(F)C(F)(F)F. The van der Waals surface area contributed by atoms with Gasteiger partial charge in [-0.05, 0) is 6.42 Å². The third-order valence-electron chi connectivity index (χ3n) is 7.00. The zero-order chi connectivity index (χ0) is 40.1. The summed E-state index contributed by atoms with van der Waals surface area (Å²) in [6.07, 6.45) is -3.62. The van der Waals surface area contributed by atoms with Gasteiger partial charge in [-0.15, -0.1) is 0 Å². The number of halogens is 21. The summed E-state index contributed by atoms with van der Waals surface area (Å²) in [5.74, 6) is -78.0. The van der Waals surface area contributed by atoms with E-state index in [-0.39, 0.29) is 6.42 Å². The predicted molar refractivity (Wildman–Crippen MR) is 129 cm³/mol. The van der Waals surface area contributed by atoms with Crippen molar-refractivity contribution in [3.05, 3.63) is 0 Å². The molecule has 26 heteroatoms. The van der Waals surface area contributed by atoms with Crippen molar-refractivity contribution in [3.63, 3.8) is 0 Å². The summed E-state index contributed by atoms with van der Waals surface area (Å²) < 4.78 is 302. The average molecular weight is 812 g/mol. The summed E-state index contributed by atoms with van der Waals surface area (Å²) in [5.41, 5.74) is 0. The van der Waals surface area contributed by atoms with E-state index in [1.54, 1.807) is 0 Å². The first kappa shape index (κ1) is 48.6. The van der Waals surface area contributed by atoms with Gasteiger partial charge in [0.2, 0.25) is 0 Å². The lowest BCUT2D eigenvalue weighted by Crippen LogP contribution is -2.76. The third kappa shape index (κ3) is 9.40. The summed E-state index contributed by atoms with van der Waals surface area (Å²) >= 11 is 0. The van der Waals surface area contributed by atoms with Crippen LogP contribution in [-0.2, 0) is 13.6 Å². The number of alkyl halides is 21. The number of rotatable bonds is 24. The van der Waals surface area contributed by atoms with Crippen molar-refractivity contribution in [2.45, 2.75) is 137 Å². The second kappa shape index (κ2) is 16.3. The molecule has 0 amide bonds. The van der Waals surface area contributed by atoms with Crippen LogP contribution in [0.4, 0.5) is 92.2 Å². The van der Waals surface area contributed by atoms with E-state index >= 15 is 0 Å². The fourth-order valence-electron chi connectivity index (χ4n) is 3.84. The molecule has 302 valence electrons. The van der Waals surface area contributed by atoms with Crippen molar-refractivity contribution in [2.24, 2.45) is 0 Å². The van der Waals surface area contributed by atoms with Gasteiger partial charge in [-0.3, -0.25) is 9.05 Å². The molecule has 0 radical (unpaired) electrons. The summed E-state index contributed by atoms with van der Waals surface area (Å²) in [7, 11) is -5.52. The van der Waals surface area contributed by atoms with Crippen molar-refractivity contribution in [3.8, 4) is 0 Å². The van der Waals surface area contributed by atoms with Crippen LogP contribution in [0.15, 0.2) is 0 Å². The van der Waals surface area contributed by atoms with Crippen molar-refractivity contribution < 1.29 is 111 Å². The van der Waals surface area contributed by atoms with Gasteiger partial charge in [0.05, 0.1) is 13.2 Å². The number of hydrogen-bond acceptors (Lipinski definition) is 3. The minimum absolute atomic E-state index is 0.0109. The second-order valence-electron chi connectivity index (χ2n) is 10.9. The van der Waals surface area contributed by atoms with Crippen LogP contribution in [0, 0.1) is 0 Å². The summed E-state index contributed by atoms with van der Waals surface area (Å²) in [5, 5.41) is 0. The number of unbranched alkanes of at least 4 members (excludes halogenated alkanes) is 9. The molecule has 0 heterocycles. The average Bonchev–Trinajstić information content (AvgIpc) is 2.94. The molecule has 0 aliphatic heterocycles. The molecule has 1 N–H and O–H groups in total. The monoisotopic (exact) mass is 812 g/mol. The standard InChI is InChI=1S/C24H30F21O4P/c1-2-3-4-5-6-7-8-9-10-11-13-48-50(46,47)49-14-12-15(25,26)16(27,28)17(29,30)18(31,32)19(33,34)20(35,36)21(37,38)22(39,40)23(41,42)24(43,44)45/h2-14H2,1H3,(H,46,47). The summed E-state index contributed by atoms with van der Waals surface area (Å²) in [6, 6.07) is 0. The largest absolute Gasteiger partial charge is 0.472 e. The van der Waals surface area contributed by atoms with Crippen molar-refractivity contribution in [1.29, 1.82) is 0 Å². The maximum Gasteiger partial charge on any atom is 0.472 e. The van der Waals surface area contributed by atoms with Crippen LogP contribution in [-0.4, -0.2) is 77.6 Å². The fraction of sp³-hybridized carbons (Fsp3) is 1.00. The Morgan fingerprint density at radius 1 is 0.420 bits per heavy atom. The molecule has 4 nitrogen and oxygen atoms in total. The Morgan fingerprint density at radius 3 is 1.04 bits per heavy atom. The normalized spacial score (nSPS) is 16.5. The number of phosphoric ester groups is 1. The first-order chi connectivity index (χ1) is 22.0. The Labute approximate surface area is 269 Å². The van der Waals surface area contributed by atoms with Gasteiger partial charge in [0.25, 0.3) is 0 Å². The fourth-order valence-corrected chi connectivity index (χ4v) is 4.60. The van der Waals surface area contributed by atoms with Crippen LogP contribution >= 0.6 is 7.82 Å². The Kier molecular flexibility index (Phi) is 15.9. The lowest BCUT2D eigenvalue weighted by Gasteiger charge is -2.44. The third-order valence-corrected chi connectivity index (χ3v) is 8.02. The molecule has 0 fully saturated rings. The van der Waals surface area contributed by atoms with E-state index in [1.165, 1.54) is 0 Å². The molecular formula is C24H30F21O4P. The van der Waals surface area contributed by atoms with Gasteiger partial charge in [0, 0.05) is 6.42 Å². The van der Waals surface area contributed by atoms with Gasteiger partial charge in [-0.25, -0.2) is 4.57 Å². The zero-order valence-electron chi connectivity index (χ0n) is 25.2. The highest BCUT2D eigenvalue weighted by Gasteiger charge is 2.97. The molecule has 1 unspecified atom stereocenters. The van der Waals surface area contributed by atoms with Crippen molar-refractivity contribution in [1.82, 2.24) is 0 Å². The summed E-state index contributed by atoms with van der Waals surface area (Å²) in [6.45, 7) is -1.01. The van der Waals surface area contributed by atoms with Crippen LogP contribution in [0.25, 0.3) is 0 Å². The van der Waals surface area contributed by atoms with Crippen LogP contribution in [0.1, 0.15) is 77.6 Å². The molecule has 0 saturated carbocycles. The lowest BCUT2D eigenvalue weighted by atomic mass is 9.86. The van der Waals surface area contributed by atoms with Crippen LogP contribution in [0.5, 0.6) is 0 Å². The minimum atomic E-state index is -9.26. The van der Waals surface area contributed by atoms with E-state index in [0.29, 0.717) is 12.8 Å². The smallest absolute Gasteiger partial charge is 0.302 e. The first-order valence-electron chi connectivity index (χ1n) is 14.1. The van der Waals surface area contributed by atoms with E-state index < -0.39 is 86.9 Å². The highest BCUT2D eigenvalue weighted by atomic mass is 31.2. The number of phosphoric acid groups is 1. The topological polar surface area (TPSA) is 55.8 Å². The molecule has 0 aromatic carbocycles. The Morgan fingerprint density at radius 2 is 0.700 bits per heavy atom. The van der Waals surface area contributed by atoms with Gasteiger partial charge < -0.3 is 4.89 Å². The van der Waals surface area contributed by atoms with Crippen LogP contribution < -0.4 is 0 Å².